The summed E-state index contributed by atoms with van der Waals surface area (Å²) in [6.45, 7) is 0. The maximum Gasteiger partial charge on any atom is 0.341 e. The second-order valence-corrected chi connectivity index (χ2v) is 7.81. The highest BCUT2D eigenvalue weighted by molar-refractivity contribution is 8.13. The maximum atomic E-state index is 13.8. The first-order valence-corrected chi connectivity index (χ1v) is 9.12. The molecule has 0 N–H and O–H groups in total. The molecule has 0 radical (unpaired) electrons. The van der Waals surface area contributed by atoms with E-state index in [0.717, 1.165) is 44.2 Å². The van der Waals surface area contributed by atoms with Gasteiger partial charge in [0.25, 0.3) is 9.05 Å². The van der Waals surface area contributed by atoms with Gasteiger partial charge in [-0.05, 0) is 37.8 Å². The summed E-state index contributed by atoms with van der Waals surface area (Å²) < 4.78 is 41.7. The number of rotatable bonds is 3. The molecule has 0 amide bonds. The lowest BCUT2D eigenvalue weighted by molar-refractivity contribution is 0.0206. The summed E-state index contributed by atoms with van der Waals surface area (Å²) in [5.74, 6) is -1.84. The van der Waals surface area contributed by atoms with Gasteiger partial charge in [0.1, 0.15) is 16.8 Å². The normalized spacial score (nSPS) is 16.7. The average molecular weight is 355 g/mol. The number of ether oxygens (including phenoxy) is 1. The topological polar surface area (TPSA) is 60.4 Å². The van der Waals surface area contributed by atoms with E-state index in [9.17, 15) is 17.6 Å². The first-order valence-electron chi connectivity index (χ1n) is 6.43. The molecule has 1 saturated carbocycles. The summed E-state index contributed by atoms with van der Waals surface area (Å²) in [5.41, 5.74) is -0.482. The van der Waals surface area contributed by atoms with Gasteiger partial charge in [-0.2, -0.15) is 0 Å². The predicted octanol–water partition coefficient (Wildman–Crippen LogP) is 3.90. The fraction of sp³-hybridized carbons (Fsp3) is 0.462. The van der Waals surface area contributed by atoms with Crippen molar-refractivity contribution < 1.29 is 22.3 Å². The summed E-state index contributed by atoms with van der Waals surface area (Å²) in [6, 6.07) is 1.56. The van der Waals surface area contributed by atoms with E-state index in [4.69, 9.17) is 27.0 Å². The van der Waals surface area contributed by atoms with Gasteiger partial charge in [0, 0.05) is 10.7 Å². The molecule has 8 heteroatoms. The first kappa shape index (κ1) is 16.5. The van der Waals surface area contributed by atoms with Crippen LogP contribution in [0.1, 0.15) is 42.5 Å². The Labute approximate surface area is 131 Å². The van der Waals surface area contributed by atoms with Crippen LogP contribution in [0.2, 0.25) is 5.02 Å². The van der Waals surface area contributed by atoms with E-state index in [1.54, 1.807) is 0 Å². The van der Waals surface area contributed by atoms with Crippen LogP contribution in [0.25, 0.3) is 0 Å². The molecule has 1 aliphatic rings. The molecule has 1 aromatic carbocycles. The number of carbonyl (C=O) groups is 1. The number of halogens is 3. The molecule has 0 aromatic heterocycles. The van der Waals surface area contributed by atoms with E-state index in [2.05, 4.69) is 0 Å². The van der Waals surface area contributed by atoms with Crippen LogP contribution in [-0.4, -0.2) is 20.5 Å². The van der Waals surface area contributed by atoms with Crippen LogP contribution in [0, 0.1) is 5.82 Å². The zero-order chi connectivity index (χ0) is 15.6. The van der Waals surface area contributed by atoms with Crippen molar-refractivity contribution in [1.82, 2.24) is 0 Å². The SMILES string of the molecule is O=C(OC1CCCCC1)c1cc(S(=O)(=O)Cl)c(Cl)cc1F. The van der Waals surface area contributed by atoms with E-state index in [0.29, 0.717) is 0 Å². The fourth-order valence-electron chi connectivity index (χ4n) is 2.27. The Bertz CT molecular complexity index is 654. The molecule has 0 unspecified atom stereocenters. The van der Waals surface area contributed by atoms with Crippen LogP contribution in [-0.2, 0) is 13.8 Å². The van der Waals surface area contributed by atoms with Gasteiger partial charge >= 0.3 is 5.97 Å². The highest BCUT2D eigenvalue weighted by Crippen LogP contribution is 2.29. The van der Waals surface area contributed by atoms with E-state index in [1.165, 1.54) is 0 Å². The molecule has 0 bridgehead atoms. The van der Waals surface area contributed by atoms with Gasteiger partial charge in [0.05, 0.1) is 10.6 Å². The summed E-state index contributed by atoms with van der Waals surface area (Å²) in [5, 5.41) is -0.378. The molecule has 0 aliphatic heterocycles. The summed E-state index contributed by atoms with van der Waals surface area (Å²) in [4.78, 5) is 11.5. The van der Waals surface area contributed by atoms with Crippen LogP contribution < -0.4 is 0 Å². The van der Waals surface area contributed by atoms with Crippen LogP contribution in [0.5, 0.6) is 0 Å². The smallest absolute Gasteiger partial charge is 0.341 e. The van der Waals surface area contributed by atoms with E-state index in [1.807, 2.05) is 0 Å². The minimum absolute atomic E-state index is 0.266. The van der Waals surface area contributed by atoms with Gasteiger partial charge in [-0.15, -0.1) is 0 Å². The Kier molecular flexibility index (Phi) is 5.11. The van der Waals surface area contributed by atoms with Crippen LogP contribution >= 0.6 is 22.3 Å². The Balaban J connectivity index is 2.28. The zero-order valence-corrected chi connectivity index (χ0v) is 13.3. The summed E-state index contributed by atoms with van der Waals surface area (Å²) in [6.07, 6.45) is 4.16. The quantitative estimate of drug-likeness (QED) is 0.610. The van der Waals surface area contributed by atoms with Crippen molar-refractivity contribution in [3.63, 3.8) is 0 Å². The van der Waals surface area contributed by atoms with Crippen molar-refractivity contribution >= 4 is 37.3 Å². The molecule has 2 rings (SSSR count). The third-order valence-electron chi connectivity index (χ3n) is 3.33. The summed E-state index contributed by atoms with van der Waals surface area (Å²) in [7, 11) is 1.02. The molecule has 21 heavy (non-hydrogen) atoms. The Morgan fingerprint density at radius 1 is 1.24 bits per heavy atom. The standard InChI is InChI=1S/C13H13Cl2FO4S/c14-10-7-11(16)9(6-12(10)21(15,18)19)13(17)20-8-4-2-1-3-5-8/h6-8H,1-5H2. The Hall–Kier alpha value is -0.850. The highest BCUT2D eigenvalue weighted by Gasteiger charge is 2.25. The van der Waals surface area contributed by atoms with E-state index < -0.39 is 31.3 Å². The van der Waals surface area contributed by atoms with Crippen LogP contribution in [0.4, 0.5) is 4.39 Å². The van der Waals surface area contributed by atoms with E-state index >= 15 is 0 Å². The molecular formula is C13H13Cl2FO4S. The first-order chi connectivity index (χ1) is 9.79. The molecular weight excluding hydrogens is 342 g/mol. The highest BCUT2D eigenvalue weighted by atomic mass is 35.7. The average Bonchev–Trinajstić information content (AvgIpc) is 2.38. The molecule has 0 heterocycles. The second kappa shape index (κ2) is 6.50. The maximum absolute atomic E-state index is 13.8. The zero-order valence-electron chi connectivity index (χ0n) is 10.9. The molecule has 4 nitrogen and oxygen atoms in total. The van der Waals surface area contributed by atoms with Gasteiger partial charge in [0.15, 0.2) is 0 Å². The number of esters is 1. The molecule has 1 fully saturated rings. The number of hydrogen-bond acceptors (Lipinski definition) is 4. The predicted molar refractivity (Wildman–Crippen MR) is 76.7 cm³/mol. The second-order valence-electron chi connectivity index (χ2n) is 4.87. The van der Waals surface area contributed by atoms with Gasteiger partial charge < -0.3 is 4.74 Å². The molecule has 0 atom stereocenters. The van der Waals surface area contributed by atoms with Crippen molar-refractivity contribution in [1.29, 1.82) is 0 Å². The molecule has 1 aliphatic carbocycles. The van der Waals surface area contributed by atoms with Crippen molar-refractivity contribution in [2.24, 2.45) is 0 Å². The lowest BCUT2D eigenvalue weighted by Crippen LogP contribution is -2.21. The van der Waals surface area contributed by atoms with Crippen molar-refractivity contribution in [2.75, 3.05) is 0 Å². The van der Waals surface area contributed by atoms with Gasteiger partial charge in [0.2, 0.25) is 0 Å². The lowest BCUT2D eigenvalue weighted by atomic mass is 9.98. The van der Waals surface area contributed by atoms with Crippen LogP contribution in [0.15, 0.2) is 17.0 Å². The van der Waals surface area contributed by atoms with Crippen molar-refractivity contribution in [3.05, 3.63) is 28.5 Å². The Morgan fingerprint density at radius 3 is 2.43 bits per heavy atom. The molecule has 0 saturated heterocycles. The van der Waals surface area contributed by atoms with Crippen LogP contribution in [0.3, 0.4) is 0 Å². The van der Waals surface area contributed by atoms with E-state index in [-0.39, 0.29) is 11.1 Å². The number of carbonyl (C=O) groups excluding carboxylic acids is 1. The monoisotopic (exact) mass is 354 g/mol. The number of hydrogen-bond donors (Lipinski definition) is 0. The molecule has 1 aromatic rings. The fourth-order valence-corrected chi connectivity index (χ4v) is 3.78. The third kappa shape index (κ3) is 4.08. The summed E-state index contributed by atoms with van der Waals surface area (Å²) >= 11 is 5.63. The number of benzene rings is 1. The lowest BCUT2D eigenvalue weighted by Gasteiger charge is -2.22. The van der Waals surface area contributed by atoms with Gasteiger partial charge in [-0.25, -0.2) is 17.6 Å². The van der Waals surface area contributed by atoms with Gasteiger partial charge in [-0.1, -0.05) is 18.0 Å². The van der Waals surface area contributed by atoms with Crippen molar-refractivity contribution in [3.8, 4) is 0 Å². The minimum Gasteiger partial charge on any atom is -0.459 e. The Morgan fingerprint density at radius 2 is 1.86 bits per heavy atom. The molecule has 0 spiro atoms. The van der Waals surface area contributed by atoms with Crippen molar-refractivity contribution in [2.45, 2.75) is 43.1 Å². The molecule has 116 valence electrons. The third-order valence-corrected chi connectivity index (χ3v) is 5.12. The van der Waals surface area contributed by atoms with Gasteiger partial charge in [-0.3, -0.25) is 0 Å². The largest absolute Gasteiger partial charge is 0.459 e. The minimum atomic E-state index is -4.17.